The Morgan fingerprint density at radius 2 is 1.85 bits per heavy atom. The first-order valence-corrected chi connectivity index (χ1v) is 6.33. The Hall–Kier alpha value is -2.62. The molecule has 0 aliphatic rings. The van der Waals surface area contributed by atoms with E-state index in [0.29, 0.717) is 17.4 Å². The molecule has 4 nitrogen and oxygen atoms in total. The Bertz CT molecular complexity index is 890. The second-order valence-corrected chi connectivity index (χ2v) is 4.75. The summed E-state index contributed by atoms with van der Waals surface area (Å²) in [5.74, 6) is -0.629. The number of hydrogen-bond acceptors (Lipinski definition) is 3. The summed E-state index contributed by atoms with van der Waals surface area (Å²) in [5, 5.41) is 0.416. The molecule has 0 spiro atoms. The van der Waals surface area contributed by atoms with Gasteiger partial charge in [0.1, 0.15) is 0 Å². The second-order valence-electron chi connectivity index (χ2n) is 4.75. The SMILES string of the molecule is Cc1cccc(Cn2c(=O)oc(=O)c3ccccc32)c1. The van der Waals surface area contributed by atoms with Gasteiger partial charge in [-0.1, -0.05) is 42.0 Å². The third-order valence-electron chi connectivity index (χ3n) is 3.24. The van der Waals surface area contributed by atoms with Crippen LogP contribution in [-0.4, -0.2) is 4.57 Å². The van der Waals surface area contributed by atoms with E-state index in [2.05, 4.69) is 0 Å². The molecule has 0 unspecified atom stereocenters. The lowest BCUT2D eigenvalue weighted by molar-refractivity contribution is 0.425. The lowest BCUT2D eigenvalue weighted by Crippen LogP contribution is -2.25. The smallest absolute Gasteiger partial charge is 0.372 e. The highest BCUT2D eigenvalue weighted by molar-refractivity contribution is 5.77. The first kappa shape index (κ1) is 12.4. The Labute approximate surface area is 114 Å². The molecule has 1 heterocycles. The van der Waals surface area contributed by atoms with Crippen molar-refractivity contribution in [3.05, 3.63) is 80.6 Å². The molecule has 0 bridgehead atoms. The summed E-state index contributed by atoms with van der Waals surface area (Å²) in [6.45, 7) is 2.38. The molecule has 0 aliphatic heterocycles. The fourth-order valence-corrected chi connectivity index (χ4v) is 2.31. The summed E-state index contributed by atoms with van der Waals surface area (Å²) >= 11 is 0. The zero-order valence-corrected chi connectivity index (χ0v) is 11.0. The average molecular weight is 267 g/mol. The van der Waals surface area contributed by atoms with Gasteiger partial charge < -0.3 is 4.42 Å². The minimum atomic E-state index is -0.629. The van der Waals surface area contributed by atoms with Gasteiger partial charge in [0.25, 0.3) is 0 Å². The Kier molecular flexibility index (Phi) is 2.99. The summed E-state index contributed by atoms with van der Waals surface area (Å²) in [6.07, 6.45) is 0. The van der Waals surface area contributed by atoms with Gasteiger partial charge in [0.15, 0.2) is 0 Å². The fraction of sp³-hybridized carbons (Fsp3) is 0.125. The van der Waals surface area contributed by atoms with Crippen molar-refractivity contribution in [1.82, 2.24) is 4.57 Å². The molecule has 2 aromatic carbocycles. The van der Waals surface area contributed by atoms with Gasteiger partial charge in [0.2, 0.25) is 0 Å². The second kappa shape index (κ2) is 4.81. The number of aryl methyl sites for hydroxylation is 1. The van der Waals surface area contributed by atoms with Crippen molar-refractivity contribution in [2.75, 3.05) is 0 Å². The van der Waals surface area contributed by atoms with Gasteiger partial charge in [-0.05, 0) is 24.6 Å². The van der Waals surface area contributed by atoms with Crippen LogP contribution >= 0.6 is 0 Å². The van der Waals surface area contributed by atoms with Crippen LogP contribution < -0.4 is 11.4 Å². The zero-order chi connectivity index (χ0) is 14.1. The molecule has 4 heteroatoms. The average Bonchev–Trinajstić information content (AvgIpc) is 2.43. The third kappa shape index (κ3) is 2.16. The molecular formula is C16H13NO3. The van der Waals surface area contributed by atoms with Gasteiger partial charge in [-0.25, -0.2) is 9.59 Å². The lowest BCUT2D eigenvalue weighted by atomic mass is 10.1. The fourth-order valence-electron chi connectivity index (χ4n) is 2.31. The number of hydrogen-bond donors (Lipinski definition) is 0. The van der Waals surface area contributed by atoms with E-state index >= 15 is 0 Å². The van der Waals surface area contributed by atoms with E-state index < -0.39 is 11.4 Å². The first-order valence-electron chi connectivity index (χ1n) is 6.33. The number of para-hydroxylation sites is 1. The molecule has 0 fully saturated rings. The van der Waals surface area contributed by atoms with Gasteiger partial charge in [0, 0.05) is 0 Å². The van der Waals surface area contributed by atoms with E-state index in [1.165, 1.54) is 4.57 Å². The third-order valence-corrected chi connectivity index (χ3v) is 3.24. The maximum atomic E-state index is 11.9. The van der Waals surface area contributed by atoms with Crippen molar-refractivity contribution in [2.45, 2.75) is 13.5 Å². The molecule has 0 radical (unpaired) electrons. The van der Waals surface area contributed by atoms with Crippen molar-refractivity contribution in [3.8, 4) is 0 Å². The maximum absolute atomic E-state index is 11.9. The lowest BCUT2D eigenvalue weighted by Gasteiger charge is -2.08. The molecule has 0 aliphatic carbocycles. The quantitative estimate of drug-likeness (QED) is 0.716. The summed E-state index contributed by atoms with van der Waals surface area (Å²) in [5.41, 5.74) is 2.12. The molecule has 100 valence electrons. The summed E-state index contributed by atoms with van der Waals surface area (Å²) in [7, 11) is 0. The summed E-state index contributed by atoms with van der Waals surface area (Å²) < 4.78 is 6.25. The molecule has 0 saturated heterocycles. The minimum Gasteiger partial charge on any atom is -0.372 e. The van der Waals surface area contributed by atoms with Crippen molar-refractivity contribution >= 4 is 10.9 Å². The molecule has 0 atom stereocenters. The zero-order valence-electron chi connectivity index (χ0n) is 11.0. The van der Waals surface area contributed by atoms with Gasteiger partial charge in [-0.2, -0.15) is 0 Å². The molecule has 3 aromatic rings. The van der Waals surface area contributed by atoms with Crippen LogP contribution in [0.5, 0.6) is 0 Å². The van der Waals surface area contributed by atoms with Crippen LogP contribution in [0.4, 0.5) is 0 Å². The standard InChI is InChI=1S/C16H13NO3/c1-11-5-4-6-12(9-11)10-17-14-8-3-2-7-13(14)15(18)20-16(17)19/h2-9H,10H2,1H3. The molecule has 0 N–H and O–H groups in total. The van der Waals surface area contributed by atoms with E-state index in [1.54, 1.807) is 24.3 Å². The largest absolute Gasteiger partial charge is 0.422 e. The predicted octanol–water partition coefficient (Wildman–Crippen LogP) is 2.31. The highest BCUT2D eigenvalue weighted by Gasteiger charge is 2.09. The van der Waals surface area contributed by atoms with Crippen molar-refractivity contribution < 1.29 is 4.42 Å². The van der Waals surface area contributed by atoms with E-state index in [-0.39, 0.29) is 0 Å². The van der Waals surface area contributed by atoms with Crippen LogP contribution in [-0.2, 0) is 6.54 Å². The molecule has 1 aromatic heterocycles. The van der Waals surface area contributed by atoms with Gasteiger partial charge in [-0.3, -0.25) is 4.57 Å². The van der Waals surface area contributed by atoms with Gasteiger partial charge in [0.05, 0.1) is 17.4 Å². The van der Waals surface area contributed by atoms with Crippen LogP contribution in [0.25, 0.3) is 10.9 Å². The molecule has 3 rings (SSSR count). The van der Waals surface area contributed by atoms with E-state index in [0.717, 1.165) is 11.1 Å². The Morgan fingerprint density at radius 3 is 2.65 bits per heavy atom. The highest BCUT2D eigenvalue weighted by Crippen LogP contribution is 2.11. The van der Waals surface area contributed by atoms with Crippen molar-refractivity contribution in [2.24, 2.45) is 0 Å². The first-order chi connectivity index (χ1) is 9.65. The summed E-state index contributed by atoms with van der Waals surface area (Å²) in [6, 6.07) is 14.9. The van der Waals surface area contributed by atoms with Crippen LogP contribution in [0, 0.1) is 6.92 Å². The molecule has 20 heavy (non-hydrogen) atoms. The number of nitrogens with zero attached hydrogens (tertiary/aromatic N) is 1. The Morgan fingerprint density at radius 1 is 1.05 bits per heavy atom. The van der Waals surface area contributed by atoms with Crippen LogP contribution in [0.1, 0.15) is 11.1 Å². The van der Waals surface area contributed by atoms with E-state index in [9.17, 15) is 9.59 Å². The number of fused-ring (bicyclic) bond motifs is 1. The number of benzene rings is 2. The minimum absolute atomic E-state index is 0.380. The number of rotatable bonds is 2. The molecular weight excluding hydrogens is 254 g/mol. The van der Waals surface area contributed by atoms with Crippen LogP contribution in [0.3, 0.4) is 0 Å². The van der Waals surface area contributed by atoms with E-state index in [1.807, 2.05) is 31.2 Å². The molecule has 0 amide bonds. The van der Waals surface area contributed by atoms with Crippen LogP contribution in [0.15, 0.2) is 62.5 Å². The number of aromatic nitrogens is 1. The topological polar surface area (TPSA) is 52.2 Å². The van der Waals surface area contributed by atoms with Crippen LogP contribution in [0.2, 0.25) is 0 Å². The summed E-state index contributed by atoms with van der Waals surface area (Å²) in [4.78, 5) is 23.6. The van der Waals surface area contributed by atoms with Crippen molar-refractivity contribution in [1.29, 1.82) is 0 Å². The van der Waals surface area contributed by atoms with Gasteiger partial charge in [-0.15, -0.1) is 0 Å². The van der Waals surface area contributed by atoms with E-state index in [4.69, 9.17) is 4.42 Å². The Balaban J connectivity index is 2.21. The monoisotopic (exact) mass is 267 g/mol. The maximum Gasteiger partial charge on any atom is 0.422 e. The normalized spacial score (nSPS) is 10.8. The van der Waals surface area contributed by atoms with Crippen molar-refractivity contribution in [3.63, 3.8) is 0 Å². The molecule has 0 saturated carbocycles. The van der Waals surface area contributed by atoms with Gasteiger partial charge >= 0.3 is 11.4 Å². The highest BCUT2D eigenvalue weighted by atomic mass is 16.4. The predicted molar refractivity (Wildman–Crippen MR) is 77.0 cm³/mol.